The normalized spacial score (nSPS) is 18.6. The summed E-state index contributed by atoms with van der Waals surface area (Å²) in [5, 5.41) is 13.5. The summed E-state index contributed by atoms with van der Waals surface area (Å²) >= 11 is 6.04. The predicted octanol–water partition coefficient (Wildman–Crippen LogP) is 3.54. The SMILES string of the molecule is CCC(NCC1(CCO)CC1)c1cccc(Cl)c1. The predicted molar refractivity (Wildman–Crippen MR) is 75.9 cm³/mol. The molecule has 1 aromatic carbocycles. The number of benzene rings is 1. The number of rotatable bonds is 7. The summed E-state index contributed by atoms with van der Waals surface area (Å²) < 4.78 is 0. The lowest BCUT2D eigenvalue weighted by Gasteiger charge is -2.22. The van der Waals surface area contributed by atoms with E-state index in [-0.39, 0.29) is 0 Å². The van der Waals surface area contributed by atoms with E-state index in [1.165, 1.54) is 18.4 Å². The highest BCUT2D eigenvalue weighted by atomic mass is 35.5. The monoisotopic (exact) mass is 267 g/mol. The summed E-state index contributed by atoms with van der Waals surface area (Å²) in [6, 6.07) is 8.43. The van der Waals surface area contributed by atoms with Crippen molar-refractivity contribution < 1.29 is 5.11 Å². The molecule has 0 spiro atoms. The Bertz CT molecular complexity index is 390. The Hall–Kier alpha value is -0.570. The van der Waals surface area contributed by atoms with Crippen LogP contribution in [0, 0.1) is 5.41 Å². The molecule has 3 heteroatoms. The molecule has 1 aliphatic carbocycles. The van der Waals surface area contributed by atoms with Crippen LogP contribution < -0.4 is 5.32 Å². The summed E-state index contributed by atoms with van der Waals surface area (Å²) in [4.78, 5) is 0. The van der Waals surface area contributed by atoms with Crippen molar-refractivity contribution in [3.63, 3.8) is 0 Å². The van der Waals surface area contributed by atoms with Crippen molar-refractivity contribution in [2.45, 2.75) is 38.6 Å². The highest BCUT2D eigenvalue weighted by molar-refractivity contribution is 6.30. The van der Waals surface area contributed by atoms with Gasteiger partial charge in [0, 0.05) is 24.2 Å². The zero-order valence-corrected chi connectivity index (χ0v) is 11.7. The molecule has 0 aromatic heterocycles. The Morgan fingerprint density at radius 2 is 2.22 bits per heavy atom. The van der Waals surface area contributed by atoms with Crippen molar-refractivity contribution in [3.05, 3.63) is 34.9 Å². The molecule has 0 saturated heterocycles. The van der Waals surface area contributed by atoms with Crippen molar-refractivity contribution in [3.8, 4) is 0 Å². The fourth-order valence-electron chi connectivity index (χ4n) is 2.49. The summed E-state index contributed by atoms with van der Waals surface area (Å²) in [6.45, 7) is 3.48. The zero-order chi connectivity index (χ0) is 13.0. The molecular weight excluding hydrogens is 246 g/mol. The molecule has 1 saturated carbocycles. The summed E-state index contributed by atoms with van der Waals surface area (Å²) in [7, 11) is 0. The van der Waals surface area contributed by atoms with E-state index >= 15 is 0 Å². The van der Waals surface area contributed by atoms with Gasteiger partial charge in [0.25, 0.3) is 0 Å². The van der Waals surface area contributed by atoms with E-state index in [1.807, 2.05) is 18.2 Å². The number of halogens is 1. The average molecular weight is 268 g/mol. The van der Waals surface area contributed by atoms with Gasteiger partial charge in [-0.25, -0.2) is 0 Å². The molecule has 1 fully saturated rings. The minimum atomic E-state index is 0.301. The van der Waals surface area contributed by atoms with E-state index in [2.05, 4.69) is 18.3 Å². The molecule has 0 radical (unpaired) electrons. The second kappa shape index (κ2) is 6.05. The molecule has 1 aromatic rings. The van der Waals surface area contributed by atoms with E-state index in [0.29, 0.717) is 18.1 Å². The highest BCUT2D eigenvalue weighted by Crippen LogP contribution is 2.48. The highest BCUT2D eigenvalue weighted by Gasteiger charge is 2.41. The number of nitrogens with one attached hydrogen (secondary N) is 1. The van der Waals surface area contributed by atoms with Gasteiger partial charge in [-0.15, -0.1) is 0 Å². The lowest BCUT2D eigenvalue weighted by atomic mass is 10.00. The third kappa shape index (κ3) is 3.47. The first-order chi connectivity index (χ1) is 8.69. The third-order valence-electron chi connectivity index (χ3n) is 3.98. The fourth-order valence-corrected chi connectivity index (χ4v) is 2.69. The maximum atomic E-state index is 9.07. The Kier molecular flexibility index (Phi) is 4.66. The number of aliphatic hydroxyl groups is 1. The molecule has 2 rings (SSSR count). The van der Waals surface area contributed by atoms with Crippen LogP contribution in [0.25, 0.3) is 0 Å². The molecule has 0 amide bonds. The van der Waals surface area contributed by atoms with Gasteiger partial charge in [-0.1, -0.05) is 30.7 Å². The van der Waals surface area contributed by atoms with Gasteiger partial charge < -0.3 is 10.4 Å². The van der Waals surface area contributed by atoms with Crippen LogP contribution in [0.4, 0.5) is 0 Å². The Morgan fingerprint density at radius 3 is 2.78 bits per heavy atom. The van der Waals surface area contributed by atoms with Crippen molar-refractivity contribution in [2.24, 2.45) is 5.41 Å². The molecule has 18 heavy (non-hydrogen) atoms. The van der Waals surface area contributed by atoms with Crippen LogP contribution in [-0.4, -0.2) is 18.3 Å². The van der Waals surface area contributed by atoms with E-state index in [0.717, 1.165) is 24.4 Å². The lowest BCUT2D eigenvalue weighted by molar-refractivity contribution is 0.242. The van der Waals surface area contributed by atoms with Crippen molar-refractivity contribution in [2.75, 3.05) is 13.2 Å². The molecular formula is C15H22ClNO. The number of hydrogen-bond acceptors (Lipinski definition) is 2. The Morgan fingerprint density at radius 1 is 1.44 bits per heavy atom. The first-order valence-electron chi connectivity index (χ1n) is 6.79. The summed E-state index contributed by atoms with van der Waals surface area (Å²) in [5.74, 6) is 0. The van der Waals surface area contributed by atoms with Crippen molar-refractivity contribution in [1.82, 2.24) is 5.32 Å². The van der Waals surface area contributed by atoms with Crippen LogP contribution >= 0.6 is 11.6 Å². The smallest absolute Gasteiger partial charge is 0.0436 e. The molecule has 2 nitrogen and oxygen atoms in total. The molecule has 1 unspecified atom stereocenters. The Labute approximate surface area is 114 Å². The van der Waals surface area contributed by atoms with E-state index < -0.39 is 0 Å². The first-order valence-corrected chi connectivity index (χ1v) is 7.17. The first kappa shape index (κ1) is 13.9. The minimum absolute atomic E-state index is 0.301. The maximum Gasteiger partial charge on any atom is 0.0436 e. The molecule has 0 aliphatic heterocycles. The van der Waals surface area contributed by atoms with Crippen molar-refractivity contribution >= 4 is 11.6 Å². The van der Waals surface area contributed by atoms with Gasteiger partial charge in [0.05, 0.1) is 0 Å². The van der Waals surface area contributed by atoms with Gasteiger partial charge in [0.2, 0.25) is 0 Å². The standard InChI is InChI=1S/C15H22ClNO/c1-2-14(12-4-3-5-13(16)10-12)17-11-15(6-7-15)8-9-18/h3-5,10,14,17-18H,2,6-9,11H2,1H3. The third-order valence-corrected chi connectivity index (χ3v) is 4.22. The summed E-state index contributed by atoms with van der Waals surface area (Å²) in [5.41, 5.74) is 1.62. The topological polar surface area (TPSA) is 32.3 Å². The van der Waals surface area contributed by atoms with Gasteiger partial charge in [0.1, 0.15) is 0 Å². The van der Waals surface area contributed by atoms with E-state index in [9.17, 15) is 0 Å². The van der Waals surface area contributed by atoms with Gasteiger partial charge >= 0.3 is 0 Å². The van der Waals surface area contributed by atoms with Crippen LogP contribution in [0.1, 0.15) is 44.2 Å². The quantitative estimate of drug-likeness (QED) is 0.792. The average Bonchev–Trinajstić information content (AvgIpc) is 3.11. The van der Waals surface area contributed by atoms with Gasteiger partial charge in [-0.2, -0.15) is 0 Å². The molecule has 0 heterocycles. The Balaban J connectivity index is 1.93. The molecule has 100 valence electrons. The van der Waals surface area contributed by atoms with Crippen LogP contribution in [0.5, 0.6) is 0 Å². The lowest BCUT2D eigenvalue weighted by Crippen LogP contribution is -2.28. The summed E-state index contributed by atoms with van der Waals surface area (Å²) in [6.07, 6.45) is 4.46. The second-order valence-electron chi connectivity index (χ2n) is 5.37. The van der Waals surface area contributed by atoms with Crippen LogP contribution in [-0.2, 0) is 0 Å². The van der Waals surface area contributed by atoms with E-state index in [4.69, 9.17) is 16.7 Å². The van der Waals surface area contributed by atoms with Crippen molar-refractivity contribution in [1.29, 1.82) is 0 Å². The zero-order valence-electron chi connectivity index (χ0n) is 11.0. The minimum Gasteiger partial charge on any atom is -0.396 e. The van der Waals surface area contributed by atoms with Gasteiger partial charge in [-0.3, -0.25) is 0 Å². The van der Waals surface area contributed by atoms with Gasteiger partial charge in [-0.05, 0) is 48.8 Å². The number of hydrogen-bond donors (Lipinski definition) is 2. The van der Waals surface area contributed by atoms with Crippen LogP contribution in [0.2, 0.25) is 5.02 Å². The molecule has 1 aliphatic rings. The maximum absolute atomic E-state index is 9.07. The largest absolute Gasteiger partial charge is 0.396 e. The molecule has 1 atom stereocenters. The second-order valence-corrected chi connectivity index (χ2v) is 5.81. The fraction of sp³-hybridized carbons (Fsp3) is 0.600. The van der Waals surface area contributed by atoms with Crippen LogP contribution in [0.3, 0.4) is 0 Å². The molecule has 2 N–H and O–H groups in total. The van der Waals surface area contributed by atoms with Crippen LogP contribution in [0.15, 0.2) is 24.3 Å². The molecule has 0 bridgehead atoms. The van der Waals surface area contributed by atoms with E-state index in [1.54, 1.807) is 0 Å². The number of aliphatic hydroxyl groups excluding tert-OH is 1. The van der Waals surface area contributed by atoms with Gasteiger partial charge in [0.15, 0.2) is 0 Å².